The Labute approximate surface area is 212 Å². The summed E-state index contributed by atoms with van der Waals surface area (Å²) in [5.74, 6) is -0.493. The van der Waals surface area contributed by atoms with Gasteiger partial charge in [-0.2, -0.15) is 0 Å². The molecule has 7 nitrogen and oxygen atoms in total. The molecular formula is C24H31Cl2N3O4S. The predicted octanol–water partition coefficient (Wildman–Crippen LogP) is 4.48. The molecule has 1 atom stereocenters. The van der Waals surface area contributed by atoms with Gasteiger partial charge >= 0.3 is 0 Å². The van der Waals surface area contributed by atoms with Gasteiger partial charge in [-0.25, -0.2) is 8.42 Å². The Balaban J connectivity index is 2.15. The summed E-state index contributed by atoms with van der Waals surface area (Å²) in [5, 5.41) is 3.79. The molecule has 0 aliphatic heterocycles. The van der Waals surface area contributed by atoms with E-state index in [4.69, 9.17) is 23.2 Å². The second-order valence-corrected chi connectivity index (χ2v) is 10.8. The number of benzene rings is 2. The minimum Gasteiger partial charge on any atom is -0.354 e. The van der Waals surface area contributed by atoms with Crippen molar-refractivity contribution in [2.75, 3.05) is 23.7 Å². The number of carbonyl (C=O) groups is 2. The van der Waals surface area contributed by atoms with Gasteiger partial charge in [0.2, 0.25) is 21.8 Å². The fraction of sp³-hybridized carbons (Fsp3) is 0.417. The van der Waals surface area contributed by atoms with Gasteiger partial charge in [0.05, 0.1) is 11.9 Å². The van der Waals surface area contributed by atoms with E-state index in [-0.39, 0.29) is 37.7 Å². The van der Waals surface area contributed by atoms with E-state index in [9.17, 15) is 18.0 Å². The van der Waals surface area contributed by atoms with Crippen LogP contribution in [0.4, 0.5) is 5.69 Å². The number of rotatable bonds is 12. The summed E-state index contributed by atoms with van der Waals surface area (Å²) in [7, 11) is -3.58. The van der Waals surface area contributed by atoms with Crippen molar-refractivity contribution in [2.45, 2.75) is 45.7 Å². The third kappa shape index (κ3) is 8.49. The number of anilines is 1. The summed E-state index contributed by atoms with van der Waals surface area (Å²) < 4.78 is 25.9. The summed E-state index contributed by atoms with van der Waals surface area (Å²) >= 11 is 12.1. The van der Waals surface area contributed by atoms with Gasteiger partial charge in [-0.05, 0) is 55.7 Å². The summed E-state index contributed by atoms with van der Waals surface area (Å²) in [6, 6.07) is 13.0. The fourth-order valence-corrected chi connectivity index (χ4v) is 4.80. The lowest BCUT2D eigenvalue weighted by molar-refractivity contribution is -0.140. The first-order chi connectivity index (χ1) is 16.0. The number of amides is 2. The first kappa shape index (κ1) is 28.0. The molecule has 2 amide bonds. The summed E-state index contributed by atoms with van der Waals surface area (Å²) in [5.41, 5.74) is 1.23. The number of halogens is 2. The van der Waals surface area contributed by atoms with Gasteiger partial charge in [0.25, 0.3) is 0 Å². The molecule has 0 bridgehead atoms. The topological polar surface area (TPSA) is 86.8 Å². The molecular weight excluding hydrogens is 497 g/mol. The fourth-order valence-electron chi connectivity index (χ4n) is 3.45. The highest BCUT2D eigenvalue weighted by atomic mass is 35.5. The van der Waals surface area contributed by atoms with Crippen LogP contribution in [0.5, 0.6) is 0 Å². The smallest absolute Gasteiger partial charge is 0.242 e. The first-order valence-electron chi connectivity index (χ1n) is 11.1. The molecule has 0 aliphatic carbocycles. The largest absolute Gasteiger partial charge is 0.354 e. The normalized spacial score (nSPS) is 12.1. The second kappa shape index (κ2) is 13.0. The van der Waals surface area contributed by atoms with E-state index < -0.39 is 16.1 Å². The lowest BCUT2D eigenvalue weighted by Gasteiger charge is -2.29. The van der Waals surface area contributed by atoms with Crippen LogP contribution in [0, 0.1) is 0 Å². The zero-order valence-corrected chi connectivity index (χ0v) is 22.0. The molecule has 0 unspecified atom stereocenters. The van der Waals surface area contributed by atoms with Gasteiger partial charge < -0.3 is 10.2 Å². The van der Waals surface area contributed by atoms with Gasteiger partial charge in [0.1, 0.15) is 6.04 Å². The molecule has 186 valence electrons. The van der Waals surface area contributed by atoms with Crippen LogP contribution < -0.4 is 9.62 Å². The number of nitrogens with one attached hydrogen (secondary N) is 1. The van der Waals surface area contributed by atoms with E-state index in [2.05, 4.69) is 5.32 Å². The minimum atomic E-state index is -3.58. The maximum Gasteiger partial charge on any atom is 0.242 e. The summed E-state index contributed by atoms with van der Waals surface area (Å²) in [4.78, 5) is 27.3. The van der Waals surface area contributed by atoms with Crippen molar-refractivity contribution >= 4 is 50.7 Å². The van der Waals surface area contributed by atoms with Crippen LogP contribution in [-0.2, 0) is 26.2 Å². The van der Waals surface area contributed by atoms with Crippen molar-refractivity contribution in [3.8, 4) is 0 Å². The average molecular weight is 529 g/mol. The SMILES string of the molecule is CCCNC(=O)[C@H](C)N(Cc1cccc(Cl)c1)C(=O)CCCN(c1cccc(Cl)c1)S(C)(=O)=O. The maximum atomic E-state index is 13.2. The summed E-state index contributed by atoms with van der Waals surface area (Å²) in [6.45, 7) is 4.47. The molecule has 2 rings (SSSR count). The van der Waals surface area contributed by atoms with Gasteiger partial charge in [0, 0.05) is 36.1 Å². The van der Waals surface area contributed by atoms with E-state index >= 15 is 0 Å². The van der Waals surface area contributed by atoms with Crippen molar-refractivity contribution in [1.82, 2.24) is 10.2 Å². The molecule has 0 spiro atoms. The standard InChI is InChI=1S/C24H31Cl2N3O4S/c1-4-13-27-24(31)18(2)28(17-19-8-5-9-20(25)15-19)23(30)12-7-14-29(34(3,32)33)22-11-6-10-21(26)16-22/h5-6,8-11,15-16,18H,4,7,12-14,17H2,1-3H3,(H,27,31)/t18-/m0/s1. The average Bonchev–Trinajstić information content (AvgIpc) is 2.77. The highest BCUT2D eigenvalue weighted by Gasteiger charge is 2.26. The Hall–Kier alpha value is -2.29. The number of sulfonamides is 1. The Bertz CT molecular complexity index is 1100. The molecule has 0 saturated carbocycles. The second-order valence-electron chi connectivity index (χ2n) is 8.04. The van der Waals surface area contributed by atoms with Crippen LogP contribution in [0.25, 0.3) is 0 Å². The van der Waals surface area contributed by atoms with E-state index in [0.29, 0.717) is 22.3 Å². The van der Waals surface area contributed by atoms with Crippen LogP contribution in [0.2, 0.25) is 10.0 Å². The Morgan fingerprint density at radius 2 is 1.71 bits per heavy atom. The lowest BCUT2D eigenvalue weighted by Crippen LogP contribution is -2.47. The molecule has 0 aromatic heterocycles. The number of nitrogens with zero attached hydrogens (tertiary/aromatic N) is 2. The monoisotopic (exact) mass is 527 g/mol. The summed E-state index contributed by atoms with van der Waals surface area (Å²) in [6.07, 6.45) is 2.24. The van der Waals surface area contributed by atoms with Crippen molar-refractivity contribution < 1.29 is 18.0 Å². The molecule has 0 aliphatic rings. The van der Waals surface area contributed by atoms with Crippen molar-refractivity contribution in [3.63, 3.8) is 0 Å². The van der Waals surface area contributed by atoms with Crippen molar-refractivity contribution in [1.29, 1.82) is 0 Å². The third-order valence-corrected chi connectivity index (χ3v) is 6.87. The quantitative estimate of drug-likeness (QED) is 0.440. The zero-order valence-electron chi connectivity index (χ0n) is 19.6. The van der Waals surface area contributed by atoms with E-state index in [1.807, 2.05) is 13.0 Å². The molecule has 2 aromatic carbocycles. The van der Waals surface area contributed by atoms with E-state index in [1.54, 1.807) is 49.4 Å². The highest BCUT2D eigenvalue weighted by molar-refractivity contribution is 7.92. The van der Waals surface area contributed by atoms with E-state index in [0.717, 1.165) is 18.2 Å². The van der Waals surface area contributed by atoms with Crippen LogP contribution in [0.3, 0.4) is 0 Å². The molecule has 10 heteroatoms. The van der Waals surface area contributed by atoms with Crippen molar-refractivity contribution in [2.24, 2.45) is 0 Å². The van der Waals surface area contributed by atoms with E-state index in [1.165, 1.54) is 9.21 Å². The molecule has 34 heavy (non-hydrogen) atoms. The molecule has 1 N–H and O–H groups in total. The van der Waals surface area contributed by atoms with Crippen LogP contribution in [-0.4, -0.2) is 50.5 Å². The Kier molecular flexibility index (Phi) is 10.7. The molecule has 2 aromatic rings. The molecule has 0 heterocycles. The Morgan fingerprint density at radius 3 is 2.29 bits per heavy atom. The third-order valence-electron chi connectivity index (χ3n) is 5.21. The van der Waals surface area contributed by atoms with Crippen LogP contribution >= 0.6 is 23.2 Å². The molecule has 0 fully saturated rings. The van der Waals surface area contributed by atoms with Gasteiger partial charge in [0.15, 0.2) is 0 Å². The maximum absolute atomic E-state index is 13.2. The van der Waals surface area contributed by atoms with Gasteiger partial charge in [-0.15, -0.1) is 0 Å². The van der Waals surface area contributed by atoms with Crippen LogP contribution in [0.15, 0.2) is 48.5 Å². The lowest BCUT2D eigenvalue weighted by atomic mass is 10.1. The predicted molar refractivity (Wildman–Crippen MR) is 138 cm³/mol. The molecule has 0 saturated heterocycles. The number of carbonyl (C=O) groups excluding carboxylic acids is 2. The van der Waals surface area contributed by atoms with Gasteiger partial charge in [-0.1, -0.05) is 48.3 Å². The van der Waals surface area contributed by atoms with Crippen LogP contribution in [0.1, 0.15) is 38.7 Å². The van der Waals surface area contributed by atoms with Gasteiger partial charge in [-0.3, -0.25) is 13.9 Å². The zero-order chi connectivity index (χ0) is 25.3. The highest BCUT2D eigenvalue weighted by Crippen LogP contribution is 2.23. The first-order valence-corrected chi connectivity index (χ1v) is 13.7. The number of hydrogen-bond donors (Lipinski definition) is 1. The minimum absolute atomic E-state index is 0.0680. The van der Waals surface area contributed by atoms with Crippen molar-refractivity contribution in [3.05, 3.63) is 64.1 Å². The number of hydrogen-bond acceptors (Lipinski definition) is 4. The molecule has 0 radical (unpaired) electrons. The Morgan fingerprint density at radius 1 is 1.06 bits per heavy atom.